The van der Waals surface area contributed by atoms with E-state index >= 15 is 0 Å². The molecule has 0 aliphatic heterocycles. The van der Waals surface area contributed by atoms with E-state index in [9.17, 15) is 9.59 Å². The van der Waals surface area contributed by atoms with Crippen molar-refractivity contribution in [1.82, 2.24) is 0 Å². The van der Waals surface area contributed by atoms with Gasteiger partial charge in [-0.15, -0.1) is 0 Å². The quantitative estimate of drug-likeness (QED) is 0.0977. The van der Waals surface area contributed by atoms with Gasteiger partial charge < -0.3 is 4.74 Å². The van der Waals surface area contributed by atoms with Crippen LogP contribution in [0, 0.1) is 17.3 Å². The van der Waals surface area contributed by atoms with Crippen molar-refractivity contribution in [3.63, 3.8) is 0 Å². The van der Waals surface area contributed by atoms with E-state index in [4.69, 9.17) is 4.74 Å². The predicted octanol–water partition coefficient (Wildman–Crippen LogP) is 9.83. The molecule has 4 unspecified atom stereocenters. The highest BCUT2D eigenvalue weighted by atomic mass is 16.5. The second-order valence-corrected chi connectivity index (χ2v) is 12.7. The van der Waals surface area contributed by atoms with Crippen LogP contribution in [0.4, 0.5) is 0 Å². The smallest absolute Gasteiger partial charge is 0.311 e. The standard InChI is InChI=1S/C36H52O3/c1-3-4-5-6-7-8-9-10-11-12-13-14-15-16-17-18-35(38)39-29-20-22-30-28(27-29)19-21-32-31(30)25-26-36(2)33(32)23-24-34(36)37/h7-10,20,22,27,31-33H,3-6,11-19,21,23-26H2,1-2H3/b8-7-,10-9+. The molecule has 3 nitrogen and oxygen atoms in total. The van der Waals surface area contributed by atoms with Crippen LogP contribution in [0.15, 0.2) is 42.5 Å². The molecule has 3 aliphatic rings. The van der Waals surface area contributed by atoms with Gasteiger partial charge in [-0.25, -0.2) is 0 Å². The summed E-state index contributed by atoms with van der Waals surface area (Å²) in [4.78, 5) is 25.0. The lowest BCUT2D eigenvalue weighted by molar-refractivity contribution is -0.134. The number of fused-ring (bicyclic) bond motifs is 5. The zero-order valence-electron chi connectivity index (χ0n) is 24.7. The van der Waals surface area contributed by atoms with Gasteiger partial charge in [-0.1, -0.05) is 82.7 Å². The molecule has 0 bridgehead atoms. The molecule has 4 rings (SSSR count). The normalized spacial score (nSPS) is 26.1. The van der Waals surface area contributed by atoms with E-state index in [0.717, 1.165) is 57.8 Å². The Morgan fingerprint density at radius 3 is 2.41 bits per heavy atom. The summed E-state index contributed by atoms with van der Waals surface area (Å²) in [5, 5.41) is 0. The molecule has 0 heterocycles. The van der Waals surface area contributed by atoms with Gasteiger partial charge in [0, 0.05) is 18.3 Å². The summed E-state index contributed by atoms with van der Waals surface area (Å²) in [6.45, 7) is 4.48. The fourth-order valence-corrected chi connectivity index (χ4v) is 7.68. The molecule has 3 aliphatic carbocycles. The maximum absolute atomic E-state index is 12.6. The molecule has 0 radical (unpaired) electrons. The number of ether oxygens (including phenoxy) is 1. The third-order valence-corrected chi connectivity index (χ3v) is 10.00. The molecule has 2 saturated carbocycles. The number of rotatable bonds is 15. The Bertz CT molecular complexity index is 1000. The maximum Gasteiger partial charge on any atom is 0.311 e. The first-order chi connectivity index (χ1) is 19.0. The molecule has 0 saturated heterocycles. The Morgan fingerprint density at radius 2 is 1.64 bits per heavy atom. The number of ketones is 1. The number of carbonyl (C=O) groups excluding carboxylic acids is 2. The van der Waals surface area contributed by atoms with Gasteiger partial charge in [-0.3, -0.25) is 9.59 Å². The number of hydrogen-bond acceptors (Lipinski definition) is 3. The molecule has 0 aromatic heterocycles. The number of esters is 1. The van der Waals surface area contributed by atoms with Crippen LogP contribution in [0.3, 0.4) is 0 Å². The molecule has 0 spiro atoms. The molecule has 2 fully saturated rings. The summed E-state index contributed by atoms with van der Waals surface area (Å²) in [5.74, 6) is 2.86. The Balaban J connectivity index is 1.09. The molecule has 3 heteroatoms. The van der Waals surface area contributed by atoms with Gasteiger partial charge in [0.25, 0.3) is 0 Å². The van der Waals surface area contributed by atoms with Crippen LogP contribution in [0.5, 0.6) is 5.75 Å². The topological polar surface area (TPSA) is 43.4 Å². The van der Waals surface area contributed by atoms with Crippen LogP contribution in [-0.2, 0) is 16.0 Å². The number of benzene rings is 1. The molecule has 4 atom stereocenters. The zero-order chi connectivity index (χ0) is 27.5. The maximum atomic E-state index is 12.6. The Morgan fingerprint density at radius 1 is 0.923 bits per heavy atom. The number of allylic oxidation sites excluding steroid dienone is 4. The average Bonchev–Trinajstić information content (AvgIpc) is 3.24. The first kappa shape index (κ1) is 29.8. The van der Waals surface area contributed by atoms with E-state index in [-0.39, 0.29) is 11.4 Å². The largest absolute Gasteiger partial charge is 0.427 e. The van der Waals surface area contributed by atoms with Crippen molar-refractivity contribution in [2.75, 3.05) is 0 Å². The lowest BCUT2D eigenvalue weighted by Crippen LogP contribution is -2.42. The van der Waals surface area contributed by atoms with Gasteiger partial charge in [0.1, 0.15) is 11.5 Å². The summed E-state index contributed by atoms with van der Waals surface area (Å²) in [6, 6.07) is 6.34. The highest BCUT2D eigenvalue weighted by Gasteiger charge is 2.54. The van der Waals surface area contributed by atoms with Gasteiger partial charge in [-0.05, 0) is 105 Å². The van der Waals surface area contributed by atoms with Crippen LogP contribution >= 0.6 is 0 Å². The van der Waals surface area contributed by atoms with E-state index in [1.807, 2.05) is 6.07 Å². The van der Waals surface area contributed by atoms with Crippen molar-refractivity contribution < 1.29 is 14.3 Å². The summed E-state index contributed by atoms with van der Waals surface area (Å²) in [7, 11) is 0. The third kappa shape index (κ3) is 7.95. The molecular weight excluding hydrogens is 480 g/mol. The molecule has 1 aromatic carbocycles. The van der Waals surface area contributed by atoms with Crippen LogP contribution in [-0.4, -0.2) is 11.8 Å². The fraction of sp³-hybridized carbons (Fsp3) is 0.667. The Hall–Kier alpha value is -2.16. The fourth-order valence-electron chi connectivity index (χ4n) is 7.68. The van der Waals surface area contributed by atoms with Crippen molar-refractivity contribution in [3.05, 3.63) is 53.6 Å². The molecule has 0 amide bonds. The summed E-state index contributed by atoms with van der Waals surface area (Å²) >= 11 is 0. The number of carbonyl (C=O) groups is 2. The number of unbranched alkanes of at least 4 members (excludes halogenated alkanes) is 9. The van der Waals surface area contributed by atoms with Crippen molar-refractivity contribution in [2.24, 2.45) is 17.3 Å². The van der Waals surface area contributed by atoms with Crippen molar-refractivity contribution in [2.45, 2.75) is 135 Å². The van der Waals surface area contributed by atoms with Gasteiger partial charge in [0.15, 0.2) is 0 Å². The van der Waals surface area contributed by atoms with Gasteiger partial charge >= 0.3 is 5.97 Å². The Kier molecular flexibility index (Phi) is 11.5. The van der Waals surface area contributed by atoms with Gasteiger partial charge in [0.05, 0.1) is 0 Å². The average molecular weight is 533 g/mol. The van der Waals surface area contributed by atoms with E-state index < -0.39 is 0 Å². The van der Waals surface area contributed by atoms with Crippen LogP contribution in [0.25, 0.3) is 0 Å². The minimum Gasteiger partial charge on any atom is -0.427 e. The second-order valence-electron chi connectivity index (χ2n) is 12.7. The van der Waals surface area contributed by atoms with Gasteiger partial charge in [-0.2, -0.15) is 0 Å². The van der Waals surface area contributed by atoms with Crippen molar-refractivity contribution in [1.29, 1.82) is 0 Å². The lowest BCUT2D eigenvalue weighted by Gasteiger charge is -2.48. The molecule has 214 valence electrons. The predicted molar refractivity (Wildman–Crippen MR) is 161 cm³/mol. The third-order valence-electron chi connectivity index (χ3n) is 10.00. The van der Waals surface area contributed by atoms with Gasteiger partial charge in [0.2, 0.25) is 0 Å². The monoisotopic (exact) mass is 532 g/mol. The van der Waals surface area contributed by atoms with Crippen LogP contribution < -0.4 is 4.74 Å². The summed E-state index contributed by atoms with van der Waals surface area (Å²) < 4.78 is 5.74. The van der Waals surface area contributed by atoms with Crippen molar-refractivity contribution >= 4 is 11.8 Å². The van der Waals surface area contributed by atoms with E-state index in [1.165, 1.54) is 62.5 Å². The zero-order valence-corrected chi connectivity index (χ0v) is 24.7. The van der Waals surface area contributed by atoms with E-state index in [0.29, 0.717) is 35.7 Å². The van der Waals surface area contributed by atoms with E-state index in [1.54, 1.807) is 0 Å². The van der Waals surface area contributed by atoms with Crippen LogP contribution in [0.2, 0.25) is 0 Å². The first-order valence-corrected chi connectivity index (χ1v) is 16.2. The summed E-state index contributed by atoms with van der Waals surface area (Å²) in [6.07, 6.45) is 28.9. The SMILES string of the molecule is CCCCC/C=C\C=C\CCCCCCCCC(=O)Oc1ccc2c(c1)CCC1C2CCC2(C)C(=O)CCC12. The number of Topliss-reactive ketones (excluding diaryl/α,β-unsaturated/α-hetero) is 1. The molecule has 1 aromatic rings. The summed E-state index contributed by atoms with van der Waals surface area (Å²) in [5.41, 5.74) is 2.73. The highest BCUT2D eigenvalue weighted by Crippen LogP contribution is 2.59. The van der Waals surface area contributed by atoms with E-state index in [2.05, 4.69) is 50.3 Å². The minimum atomic E-state index is -0.102. The number of hydrogen-bond donors (Lipinski definition) is 0. The molecule has 39 heavy (non-hydrogen) atoms. The first-order valence-electron chi connectivity index (χ1n) is 16.2. The second kappa shape index (κ2) is 15.0. The van der Waals surface area contributed by atoms with Crippen molar-refractivity contribution in [3.8, 4) is 5.75 Å². The number of aryl methyl sites for hydroxylation is 1. The minimum absolute atomic E-state index is 0.0732. The lowest BCUT2D eigenvalue weighted by atomic mass is 9.55. The van der Waals surface area contributed by atoms with Crippen LogP contribution in [0.1, 0.15) is 140 Å². The molecular formula is C36H52O3. The Labute approximate surface area is 237 Å². The molecule has 0 N–H and O–H groups in total. The highest BCUT2D eigenvalue weighted by molar-refractivity contribution is 5.87.